The van der Waals surface area contributed by atoms with E-state index in [1.165, 1.54) is 19.4 Å². The van der Waals surface area contributed by atoms with Gasteiger partial charge < -0.3 is 14.5 Å². The van der Waals surface area contributed by atoms with Crippen molar-refractivity contribution in [2.75, 3.05) is 7.11 Å². The molecule has 3 rings (SSSR count). The van der Waals surface area contributed by atoms with Crippen LogP contribution >= 0.6 is 0 Å². The van der Waals surface area contributed by atoms with Gasteiger partial charge in [0.2, 0.25) is 0 Å². The molecule has 0 bridgehead atoms. The smallest absolute Gasteiger partial charge is 0.497 e. The summed E-state index contributed by atoms with van der Waals surface area (Å²) < 4.78 is 58.1. The van der Waals surface area contributed by atoms with Crippen molar-refractivity contribution in [1.29, 1.82) is 0 Å². The van der Waals surface area contributed by atoms with Gasteiger partial charge in [-0.1, -0.05) is 0 Å². The first-order chi connectivity index (χ1) is 11.8. The maximum absolute atomic E-state index is 12.4. The van der Waals surface area contributed by atoms with Crippen molar-refractivity contribution in [2.45, 2.75) is 17.3 Å². The molecular weight excluding hydrogens is 359 g/mol. The van der Waals surface area contributed by atoms with Crippen molar-refractivity contribution >= 4 is 21.8 Å². The molecular formula is C15H12F3N3O3S. The molecule has 2 aromatic heterocycles. The maximum atomic E-state index is 12.4. The van der Waals surface area contributed by atoms with E-state index in [1.807, 2.05) is 0 Å². The van der Waals surface area contributed by atoms with E-state index < -0.39 is 17.2 Å². The molecule has 1 atom stereocenters. The van der Waals surface area contributed by atoms with Gasteiger partial charge in [-0.3, -0.25) is 9.19 Å². The lowest BCUT2D eigenvalue weighted by atomic mass is 10.3. The van der Waals surface area contributed by atoms with Gasteiger partial charge in [0.25, 0.3) is 0 Å². The fourth-order valence-corrected chi connectivity index (χ4v) is 3.12. The first-order valence-corrected chi connectivity index (χ1v) is 8.29. The summed E-state index contributed by atoms with van der Waals surface area (Å²) in [5.41, 5.74) is 1.22. The quantitative estimate of drug-likeness (QED) is 0.745. The number of aromatic amines is 1. The first-order valence-electron chi connectivity index (χ1n) is 6.97. The van der Waals surface area contributed by atoms with Gasteiger partial charge in [0, 0.05) is 18.3 Å². The minimum atomic E-state index is -4.78. The predicted molar refractivity (Wildman–Crippen MR) is 83.7 cm³/mol. The highest BCUT2D eigenvalue weighted by Gasteiger charge is 2.31. The zero-order valence-electron chi connectivity index (χ0n) is 12.8. The third-order valence-electron chi connectivity index (χ3n) is 3.18. The number of nitrogens with zero attached hydrogens (tertiary/aromatic N) is 2. The van der Waals surface area contributed by atoms with Crippen LogP contribution in [0, 0.1) is 0 Å². The van der Waals surface area contributed by atoms with E-state index in [9.17, 15) is 17.4 Å². The molecule has 0 saturated carbocycles. The fraction of sp³-hybridized carbons (Fsp3) is 0.200. The third kappa shape index (κ3) is 4.27. The van der Waals surface area contributed by atoms with Gasteiger partial charge in [0.1, 0.15) is 11.5 Å². The van der Waals surface area contributed by atoms with Crippen LogP contribution in [0.25, 0.3) is 11.0 Å². The van der Waals surface area contributed by atoms with E-state index in [1.54, 1.807) is 12.1 Å². The van der Waals surface area contributed by atoms with Crippen LogP contribution in [-0.4, -0.2) is 32.6 Å². The SMILES string of the molecule is COc1ccnc(CS(=O)c2nc3ccc(OC(F)(F)F)cc3[nH]2)c1. The normalized spacial score (nSPS) is 13.0. The highest BCUT2D eigenvalue weighted by atomic mass is 32.2. The number of imidazole rings is 1. The standard InChI is InChI=1S/C15H12F3N3O3S/c1-23-10-4-5-19-9(6-10)8-25(22)14-20-12-3-2-11(7-13(12)21-14)24-15(16,17)18/h2-7H,8H2,1H3,(H,20,21). The molecule has 2 heterocycles. The van der Waals surface area contributed by atoms with Gasteiger partial charge >= 0.3 is 6.36 Å². The molecule has 0 fully saturated rings. The van der Waals surface area contributed by atoms with Gasteiger partial charge in [0.15, 0.2) is 5.16 Å². The van der Waals surface area contributed by atoms with E-state index in [0.29, 0.717) is 22.5 Å². The summed E-state index contributed by atoms with van der Waals surface area (Å²) in [4.78, 5) is 11.0. The maximum Gasteiger partial charge on any atom is 0.573 e. The Morgan fingerprint density at radius 1 is 1.20 bits per heavy atom. The van der Waals surface area contributed by atoms with Gasteiger partial charge in [-0.2, -0.15) is 0 Å². The van der Waals surface area contributed by atoms with E-state index >= 15 is 0 Å². The molecule has 0 radical (unpaired) electrons. The number of halogens is 3. The summed E-state index contributed by atoms with van der Waals surface area (Å²) in [6.07, 6.45) is -3.25. The second-order valence-corrected chi connectivity index (χ2v) is 6.31. The lowest BCUT2D eigenvalue weighted by Gasteiger charge is -2.07. The monoisotopic (exact) mass is 371 g/mol. The summed E-state index contributed by atoms with van der Waals surface area (Å²) in [6, 6.07) is 6.97. The molecule has 0 aliphatic heterocycles. The number of hydrogen-bond donors (Lipinski definition) is 1. The number of aromatic nitrogens is 3. The van der Waals surface area contributed by atoms with Crippen LogP contribution in [-0.2, 0) is 16.6 Å². The third-order valence-corrected chi connectivity index (χ3v) is 4.37. The van der Waals surface area contributed by atoms with Crippen LogP contribution in [0.5, 0.6) is 11.5 Å². The Hall–Kier alpha value is -2.62. The number of hydrogen-bond acceptors (Lipinski definition) is 5. The highest BCUT2D eigenvalue weighted by molar-refractivity contribution is 7.84. The number of alkyl halides is 3. The molecule has 3 aromatic rings. The summed E-state index contributed by atoms with van der Waals surface area (Å²) in [7, 11) is -0.0409. The molecule has 25 heavy (non-hydrogen) atoms. The molecule has 6 nitrogen and oxygen atoms in total. The molecule has 1 aromatic carbocycles. The molecule has 1 N–H and O–H groups in total. The number of benzene rings is 1. The molecule has 1 unspecified atom stereocenters. The average molecular weight is 371 g/mol. The lowest BCUT2D eigenvalue weighted by Crippen LogP contribution is -2.16. The van der Waals surface area contributed by atoms with Crippen LogP contribution in [0.2, 0.25) is 0 Å². The summed E-state index contributed by atoms with van der Waals surface area (Å²) in [5.74, 6) is 0.291. The molecule has 0 amide bonds. The molecule has 0 saturated heterocycles. The molecule has 0 spiro atoms. The largest absolute Gasteiger partial charge is 0.573 e. The van der Waals surface area contributed by atoms with Crippen molar-refractivity contribution in [3.05, 3.63) is 42.2 Å². The summed E-state index contributed by atoms with van der Waals surface area (Å²) >= 11 is 0. The molecule has 10 heteroatoms. The summed E-state index contributed by atoms with van der Waals surface area (Å²) in [6.45, 7) is 0. The van der Waals surface area contributed by atoms with E-state index in [0.717, 1.165) is 12.1 Å². The molecule has 132 valence electrons. The van der Waals surface area contributed by atoms with Gasteiger partial charge in [-0.25, -0.2) is 4.98 Å². The Morgan fingerprint density at radius 3 is 2.72 bits per heavy atom. The minimum absolute atomic E-state index is 0.0862. The zero-order valence-corrected chi connectivity index (χ0v) is 13.6. The van der Waals surface area contributed by atoms with E-state index in [2.05, 4.69) is 19.7 Å². The minimum Gasteiger partial charge on any atom is -0.497 e. The van der Waals surface area contributed by atoms with Gasteiger partial charge in [0.05, 0.1) is 40.4 Å². The molecule has 0 aliphatic carbocycles. The van der Waals surface area contributed by atoms with Crippen molar-refractivity contribution in [3.63, 3.8) is 0 Å². The number of pyridine rings is 1. The fourth-order valence-electron chi connectivity index (χ4n) is 2.13. The van der Waals surface area contributed by atoms with Crippen LogP contribution in [0.15, 0.2) is 41.7 Å². The number of rotatable bonds is 5. The number of ether oxygens (including phenoxy) is 2. The predicted octanol–water partition coefficient (Wildman–Crippen LogP) is 3.17. The highest BCUT2D eigenvalue weighted by Crippen LogP contribution is 2.26. The number of H-pyrrole nitrogens is 1. The number of fused-ring (bicyclic) bond motifs is 1. The van der Waals surface area contributed by atoms with Crippen LogP contribution in [0.3, 0.4) is 0 Å². The van der Waals surface area contributed by atoms with Gasteiger partial charge in [-0.05, 0) is 18.2 Å². The Balaban J connectivity index is 1.81. The van der Waals surface area contributed by atoms with E-state index in [-0.39, 0.29) is 16.7 Å². The Bertz CT molecular complexity index is 927. The topological polar surface area (TPSA) is 77.1 Å². The van der Waals surface area contributed by atoms with Crippen LogP contribution < -0.4 is 9.47 Å². The average Bonchev–Trinajstić information content (AvgIpc) is 2.97. The Labute approximate surface area is 142 Å². The van der Waals surface area contributed by atoms with E-state index in [4.69, 9.17) is 4.74 Å². The van der Waals surface area contributed by atoms with Crippen LogP contribution in [0.1, 0.15) is 5.69 Å². The Morgan fingerprint density at radius 2 is 2.00 bits per heavy atom. The number of nitrogens with one attached hydrogen (secondary N) is 1. The second kappa shape index (κ2) is 6.71. The summed E-state index contributed by atoms with van der Waals surface area (Å²) in [5, 5.41) is 0.142. The van der Waals surface area contributed by atoms with Crippen molar-refractivity contribution in [2.24, 2.45) is 0 Å². The second-order valence-electron chi connectivity index (χ2n) is 4.95. The van der Waals surface area contributed by atoms with Crippen molar-refractivity contribution < 1.29 is 26.9 Å². The zero-order chi connectivity index (χ0) is 18.0. The Kier molecular flexibility index (Phi) is 4.62. The lowest BCUT2D eigenvalue weighted by molar-refractivity contribution is -0.274. The van der Waals surface area contributed by atoms with Crippen molar-refractivity contribution in [3.8, 4) is 11.5 Å². The van der Waals surface area contributed by atoms with Crippen LogP contribution in [0.4, 0.5) is 13.2 Å². The van der Waals surface area contributed by atoms with Gasteiger partial charge in [-0.15, -0.1) is 13.2 Å². The van der Waals surface area contributed by atoms with Crippen molar-refractivity contribution in [1.82, 2.24) is 15.0 Å². The first kappa shape index (κ1) is 17.2. The molecule has 0 aliphatic rings. The number of methoxy groups -OCH3 is 1.